The molecule has 0 radical (unpaired) electrons. The van der Waals surface area contributed by atoms with Gasteiger partial charge in [0.1, 0.15) is 5.82 Å². The largest absolute Gasteiger partial charge is 0.310 e. The topological polar surface area (TPSA) is 12.0 Å². The Morgan fingerprint density at radius 2 is 1.75 bits per heavy atom. The second-order valence-corrected chi connectivity index (χ2v) is 5.24. The van der Waals surface area contributed by atoms with Crippen LogP contribution in [0.5, 0.6) is 0 Å². The smallest absolute Gasteiger partial charge is 0.126 e. The minimum absolute atomic E-state index is 0.142. The van der Waals surface area contributed by atoms with Crippen LogP contribution in [0.1, 0.15) is 42.5 Å². The summed E-state index contributed by atoms with van der Waals surface area (Å²) in [5.74, 6) is 0.192. The van der Waals surface area contributed by atoms with Crippen molar-refractivity contribution in [3.05, 3.63) is 71.0 Å². The van der Waals surface area contributed by atoms with E-state index in [1.54, 1.807) is 6.07 Å². The molecule has 0 heterocycles. The van der Waals surface area contributed by atoms with E-state index >= 15 is 0 Å². The van der Waals surface area contributed by atoms with Crippen molar-refractivity contribution in [2.45, 2.75) is 32.7 Å². The maximum atomic E-state index is 13.5. The molecule has 0 saturated carbocycles. The van der Waals surface area contributed by atoms with Crippen molar-refractivity contribution in [1.82, 2.24) is 5.32 Å². The monoisotopic (exact) mass is 271 g/mol. The summed E-state index contributed by atoms with van der Waals surface area (Å²) in [6.45, 7) is 7.01. The number of aryl methyl sites for hydroxylation is 1. The molecule has 1 N–H and O–H groups in total. The highest BCUT2D eigenvalue weighted by molar-refractivity contribution is 5.31. The van der Waals surface area contributed by atoms with E-state index in [0.29, 0.717) is 11.5 Å². The number of likely N-dealkylation sites (N-methyl/N-ethyl adjacent to an activating group) is 1. The second-order valence-electron chi connectivity index (χ2n) is 5.24. The molecule has 2 unspecified atom stereocenters. The van der Waals surface area contributed by atoms with Gasteiger partial charge in [-0.05, 0) is 36.2 Å². The van der Waals surface area contributed by atoms with E-state index in [1.807, 2.05) is 25.1 Å². The van der Waals surface area contributed by atoms with Gasteiger partial charge in [0.05, 0.1) is 0 Å². The van der Waals surface area contributed by atoms with E-state index in [0.717, 1.165) is 12.1 Å². The summed E-state index contributed by atoms with van der Waals surface area (Å²) in [5, 5.41) is 3.52. The maximum absolute atomic E-state index is 13.5. The Hall–Kier alpha value is -1.67. The van der Waals surface area contributed by atoms with Crippen molar-refractivity contribution in [1.29, 1.82) is 0 Å². The Kier molecular flexibility index (Phi) is 4.91. The Morgan fingerprint density at radius 1 is 1.05 bits per heavy atom. The first-order chi connectivity index (χ1) is 9.63. The van der Waals surface area contributed by atoms with Gasteiger partial charge >= 0.3 is 0 Å². The molecule has 0 aliphatic heterocycles. The molecule has 2 atom stereocenters. The van der Waals surface area contributed by atoms with Gasteiger partial charge < -0.3 is 5.32 Å². The fourth-order valence-electron chi connectivity index (χ4n) is 2.61. The van der Waals surface area contributed by atoms with E-state index in [9.17, 15) is 4.39 Å². The molecular weight excluding hydrogens is 249 g/mol. The first-order valence-electron chi connectivity index (χ1n) is 7.18. The summed E-state index contributed by atoms with van der Waals surface area (Å²) in [6.07, 6.45) is 0. The third-order valence-electron chi connectivity index (χ3n) is 3.79. The van der Waals surface area contributed by atoms with Crippen LogP contribution in [0.15, 0.2) is 48.5 Å². The molecule has 0 bridgehead atoms. The van der Waals surface area contributed by atoms with Crippen molar-refractivity contribution >= 4 is 0 Å². The van der Waals surface area contributed by atoms with Crippen LogP contribution in [0, 0.1) is 12.7 Å². The fourth-order valence-corrected chi connectivity index (χ4v) is 2.61. The third-order valence-corrected chi connectivity index (χ3v) is 3.79. The molecule has 0 aromatic heterocycles. The number of halogens is 1. The summed E-state index contributed by atoms with van der Waals surface area (Å²) < 4.78 is 13.5. The summed E-state index contributed by atoms with van der Waals surface area (Å²) in [6, 6.07) is 16.0. The minimum atomic E-state index is -0.142. The Morgan fingerprint density at radius 3 is 2.35 bits per heavy atom. The van der Waals surface area contributed by atoms with E-state index in [-0.39, 0.29) is 11.9 Å². The molecule has 0 spiro atoms. The lowest BCUT2D eigenvalue weighted by Gasteiger charge is -2.26. The fraction of sp³-hybridized carbons (Fsp3) is 0.333. The first-order valence-corrected chi connectivity index (χ1v) is 7.18. The van der Waals surface area contributed by atoms with Gasteiger partial charge in [-0.15, -0.1) is 0 Å². The Bertz CT molecular complexity index is 551. The Balaban J connectivity index is 2.33. The van der Waals surface area contributed by atoms with Crippen molar-refractivity contribution in [3.8, 4) is 0 Å². The van der Waals surface area contributed by atoms with E-state index in [4.69, 9.17) is 0 Å². The molecule has 2 aromatic rings. The van der Waals surface area contributed by atoms with E-state index in [1.165, 1.54) is 5.56 Å². The molecule has 106 valence electrons. The molecule has 0 amide bonds. The minimum Gasteiger partial charge on any atom is -0.310 e. The van der Waals surface area contributed by atoms with Gasteiger partial charge in [-0.2, -0.15) is 0 Å². The van der Waals surface area contributed by atoms with Gasteiger partial charge in [-0.1, -0.05) is 56.3 Å². The van der Waals surface area contributed by atoms with Crippen LogP contribution in [0.2, 0.25) is 0 Å². The standard InChI is InChI=1S/C18H22FN/c1-4-20-18(14(3)15-8-6-5-7-9-15)16-10-11-17(19)13(2)12-16/h5-12,14,18,20H,4H2,1-3H3. The molecule has 0 aliphatic carbocycles. The number of benzene rings is 2. The van der Waals surface area contributed by atoms with Crippen LogP contribution in [0.3, 0.4) is 0 Å². The van der Waals surface area contributed by atoms with E-state index in [2.05, 4.69) is 43.4 Å². The number of nitrogens with one attached hydrogen (secondary N) is 1. The zero-order valence-corrected chi connectivity index (χ0v) is 12.4. The average Bonchev–Trinajstić information content (AvgIpc) is 2.48. The van der Waals surface area contributed by atoms with Crippen LogP contribution in [0.4, 0.5) is 4.39 Å². The highest BCUT2D eigenvalue weighted by atomic mass is 19.1. The Labute approximate surface area is 120 Å². The molecule has 0 saturated heterocycles. The van der Waals surface area contributed by atoms with Gasteiger partial charge in [0.2, 0.25) is 0 Å². The summed E-state index contributed by atoms with van der Waals surface area (Å²) in [4.78, 5) is 0. The van der Waals surface area contributed by atoms with Gasteiger partial charge in [-0.3, -0.25) is 0 Å². The lowest BCUT2D eigenvalue weighted by atomic mass is 9.88. The molecule has 0 fully saturated rings. The van der Waals surface area contributed by atoms with Crippen LogP contribution < -0.4 is 5.32 Å². The van der Waals surface area contributed by atoms with Crippen molar-refractivity contribution in [2.75, 3.05) is 6.54 Å². The molecule has 2 aromatic carbocycles. The molecule has 20 heavy (non-hydrogen) atoms. The van der Waals surface area contributed by atoms with Crippen LogP contribution in [-0.4, -0.2) is 6.54 Å². The molecule has 2 rings (SSSR count). The molecule has 0 aliphatic rings. The van der Waals surface area contributed by atoms with Crippen molar-refractivity contribution in [3.63, 3.8) is 0 Å². The average molecular weight is 271 g/mol. The van der Waals surface area contributed by atoms with Crippen LogP contribution in [0.25, 0.3) is 0 Å². The van der Waals surface area contributed by atoms with Crippen molar-refractivity contribution in [2.24, 2.45) is 0 Å². The zero-order valence-electron chi connectivity index (χ0n) is 12.4. The SMILES string of the molecule is CCNC(c1ccc(F)c(C)c1)C(C)c1ccccc1. The maximum Gasteiger partial charge on any atom is 0.126 e. The summed E-state index contributed by atoms with van der Waals surface area (Å²) in [5.41, 5.74) is 3.13. The predicted octanol–water partition coefficient (Wildman–Crippen LogP) is 4.59. The lowest BCUT2D eigenvalue weighted by molar-refractivity contribution is 0.478. The molecule has 2 heteroatoms. The van der Waals surface area contributed by atoms with Gasteiger partial charge in [0.15, 0.2) is 0 Å². The number of hydrogen-bond acceptors (Lipinski definition) is 1. The van der Waals surface area contributed by atoms with E-state index < -0.39 is 0 Å². The predicted molar refractivity (Wildman–Crippen MR) is 82.4 cm³/mol. The highest BCUT2D eigenvalue weighted by Crippen LogP contribution is 2.31. The first kappa shape index (κ1) is 14.7. The number of rotatable bonds is 5. The number of hydrogen-bond donors (Lipinski definition) is 1. The molecular formula is C18H22FN. The normalized spacial score (nSPS) is 14.0. The third kappa shape index (κ3) is 3.26. The van der Waals surface area contributed by atoms with Gasteiger partial charge in [-0.25, -0.2) is 4.39 Å². The molecule has 1 nitrogen and oxygen atoms in total. The van der Waals surface area contributed by atoms with Gasteiger partial charge in [0, 0.05) is 12.0 Å². The van der Waals surface area contributed by atoms with Crippen LogP contribution >= 0.6 is 0 Å². The summed E-state index contributed by atoms with van der Waals surface area (Å²) >= 11 is 0. The summed E-state index contributed by atoms with van der Waals surface area (Å²) in [7, 11) is 0. The quantitative estimate of drug-likeness (QED) is 0.838. The van der Waals surface area contributed by atoms with Crippen LogP contribution in [-0.2, 0) is 0 Å². The highest BCUT2D eigenvalue weighted by Gasteiger charge is 2.20. The lowest BCUT2D eigenvalue weighted by Crippen LogP contribution is -2.26. The van der Waals surface area contributed by atoms with Crippen molar-refractivity contribution < 1.29 is 4.39 Å². The second kappa shape index (κ2) is 6.67. The van der Waals surface area contributed by atoms with Gasteiger partial charge in [0.25, 0.3) is 0 Å². The zero-order chi connectivity index (χ0) is 14.5.